The van der Waals surface area contributed by atoms with Crippen molar-refractivity contribution in [2.24, 2.45) is 11.7 Å². The maximum Gasteiger partial charge on any atom is 0.303 e. The summed E-state index contributed by atoms with van der Waals surface area (Å²) in [5, 5.41) is 11.3. The van der Waals surface area contributed by atoms with Gasteiger partial charge in [0.2, 0.25) is 5.91 Å². The number of thioether (sulfide) groups is 1. The average molecular weight is 260 g/mol. The van der Waals surface area contributed by atoms with Gasteiger partial charge in [0.15, 0.2) is 0 Å². The number of hydrogen-bond acceptors (Lipinski definition) is 4. The lowest BCUT2D eigenvalue weighted by atomic mass is 10.0. The lowest BCUT2D eigenvalue weighted by molar-refractivity contribution is -0.137. The summed E-state index contributed by atoms with van der Waals surface area (Å²) < 4.78 is 0. The van der Waals surface area contributed by atoms with Crippen molar-refractivity contribution in [3.8, 4) is 0 Å². The molecule has 98 valence electrons. The zero-order chi connectivity index (χ0) is 12.7. The molecular formula is C11H20N2O3S. The molecule has 1 aliphatic heterocycles. The van der Waals surface area contributed by atoms with Crippen molar-refractivity contribution in [3.63, 3.8) is 0 Å². The van der Waals surface area contributed by atoms with Gasteiger partial charge in [-0.1, -0.05) is 0 Å². The van der Waals surface area contributed by atoms with Gasteiger partial charge in [-0.3, -0.25) is 9.59 Å². The van der Waals surface area contributed by atoms with E-state index in [9.17, 15) is 9.59 Å². The van der Waals surface area contributed by atoms with E-state index >= 15 is 0 Å². The number of amides is 1. The largest absolute Gasteiger partial charge is 0.481 e. The zero-order valence-electron chi connectivity index (χ0n) is 9.85. The molecule has 0 spiro atoms. The first-order valence-electron chi connectivity index (χ1n) is 5.92. The van der Waals surface area contributed by atoms with Crippen LogP contribution in [0, 0.1) is 5.92 Å². The molecule has 6 heteroatoms. The lowest BCUT2D eigenvalue weighted by Gasteiger charge is -2.22. The fourth-order valence-electron chi connectivity index (χ4n) is 1.74. The molecule has 1 unspecified atom stereocenters. The van der Waals surface area contributed by atoms with Crippen LogP contribution in [0.5, 0.6) is 0 Å². The first kappa shape index (κ1) is 14.3. The maximum atomic E-state index is 11.6. The lowest BCUT2D eigenvalue weighted by Crippen LogP contribution is -2.43. The van der Waals surface area contributed by atoms with Crippen LogP contribution in [0.3, 0.4) is 0 Å². The molecule has 4 N–H and O–H groups in total. The summed E-state index contributed by atoms with van der Waals surface area (Å²) in [6.07, 6.45) is 2.40. The number of carbonyl (C=O) groups is 2. The molecular weight excluding hydrogens is 240 g/mol. The van der Waals surface area contributed by atoms with Gasteiger partial charge in [-0.15, -0.1) is 0 Å². The third-order valence-electron chi connectivity index (χ3n) is 2.91. The van der Waals surface area contributed by atoms with E-state index in [4.69, 9.17) is 10.8 Å². The summed E-state index contributed by atoms with van der Waals surface area (Å²) in [4.78, 5) is 21.9. The standard InChI is InChI=1S/C11H20N2O3S/c12-9(1-2-10(14)15)11(16)13-7-8-3-5-17-6-4-8/h8-9H,1-7,12H2,(H,13,16)(H,14,15). The fraction of sp³-hybridized carbons (Fsp3) is 0.818. The predicted molar refractivity (Wildman–Crippen MR) is 67.9 cm³/mol. The molecule has 0 radical (unpaired) electrons. The van der Waals surface area contributed by atoms with Gasteiger partial charge in [-0.05, 0) is 36.7 Å². The Morgan fingerprint density at radius 1 is 1.41 bits per heavy atom. The topological polar surface area (TPSA) is 92.4 Å². The Hall–Kier alpha value is -0.750. The molecule has 1 atom stereocenters. The van der Waals surface area contributed by atoms with Crippen molar-refractivity contribution in [2.75, 3.05) is 18.1 Å². The monoisotopic (exact) mass is 260 g/mol. The molecule has 0 aromatic rings. The van der Waals surface area contributed by atoms with E-state index in [-0.39, 0.29) is 18.7 Å². The Morgan fingerprint density at radius 2 is 2.06 bits per heavy atom. The molecule has 1 saturated heterocycles. The van der Waals surface area contributed by atoms with Crippen molar-refractivity contribution < 1.29 is 14.7 Å². The van der Waals surface area contributed by atoms with E-state index in [1.807, 2.05) is 11.8 Å². The number of aliphatic carboxylic acids is 1. The molecule has 0 saturated carbocycles. The van der Waals surface area contributed by atoms with E-state index in [0.717, 1.165) is 24.3 Å². The van der Waals surface area contributed by atoms with E-state index < -0.39 is 12.0 Å². The molecule has 0 aliphatic carbocycles. The van der Waals surface area contributed by atoms with E-state index in [0.29, 0.717) is 12.5 Å². The minimum Gasteiger partial charge on any atom is -0.481 e. The summed E-state index contributed by atoms with van der Waals surface area (Å²) >= 11 is 1.95. The molecule has 17 heavy (non-hydrogen) atoms. The maximum absolute atomic E-state index is 11.6. The molecule has 0 bridgehead atoms. The van der Waals surface area contributed by atoms with Crippen LogP contribution < -0.4 is 11.1 Å². The number of rotatable bonds is 6. The smallest absolute Gasteiger partial charge is 0.303 e. The summed E-state index contributed by atoms with van der Waals surface area (Å²) in [6.45, 7) is 0.667. The first-order chi connectivity index (χ1) is 8.09. The normalized spacial score (nSPS) is 18.6. The quantitative estimate of drug-likeness (QED) is 0.644. The van der Waals surface area contributed by atoms with Gasteiger partial charge in [0.1, 0.15) is 0 Å². The highest BCUT2D eigenvalue weighted by Gasteiger charge is 2.18. The van der Waals surface area contributed by atoms with Crippen molar-refractivity contribution in [1.82, 2.24) is 5.32 Å². The van der Waals surface area contributed by atoms with Crippen LogP contribution in [0.15, 0.2) is 0 Å². The highest BCUT2D eigenvalue weighted by atomic mass is 32.2. The Morgan fingerprint density at radius 3 is 2.65 bits per heavy atom. The van der Waals surface area contributed by atoms with Gasteiger partial charge in [0.25, 0.3) is 0 Å². The zero-order valence-corrected chi connectivity index (χ0v) is 10.7. The molecule has 1 amide bonds. The molecule has 1 rings (SSSR count). The number of carbonyl (C=O) groups excluding carboxylic acids is 1. The Bertz CT molecular complexity index is 267. The van der Waals surface area contributed by atoms with Crippen LogP contribution in [0.4, 0.5) is 0 Å². The van der Waals surface area contributed by atoms with E-state index in [1.54, 1.807) is 0 Å². The summed E-state index contributed by atoms with van der Waals surface area (Å²) in [6, 6.07) is -0.705. The number of carboxylic acids is 1. The van der Waals surface area contributed by atoms with Crippen LogP contribution in [-0.2, 0) is 9.59 Å². The Labute approximate surface area is 106 Å². The minimum atomic E-state index is -0.919. The van der Waals surface area contributed by atoms with Gasteiger partial charge in [0.05, 0.1) is 6.04 Å². The van der Waals surface area contributed by atoms with Gasteiger partial charge in [0, 0.05) is 13.0 Å². The first-order valence-corrected chi connectivity index (χ1v) is 7.08. The van der Waals surface area contributed by atoms with Gasteiger partial charge in [-0.2, -0.15) is 11.8 Å². The number of nitrogens with one attached hydrogen (secondary N) is 1. The third kappa shape index (κ3) is 5.93. The molecule has 0 aromatic carbocycles. The van der Waals surface area contributed by atoms with Crippen molar-refractivity contribution in [1.29, 1.82) is 0 Å². The van der Waals surface area contributed by atoms with Crippen molar-refractivity contribution in [3.05, 3.63) is 0 Å². The highest BCUT2D eigenvalue weighted by Crippen LogP contribution is 2.21. The van der Waals surface area contributed by atoms with Crippen LogP contribution in [0.25, 0.3) is 0 Å². The van der Waals surface area contributed by atoms with E-state index in [1.165, 1.54) is 0 Å². The second-order valence-electron chi connectivity index (χ2n) is 4.34. The van der Waals surface area contributed by atoms with E-state index in [2.05, 4.69) is 5.32 Å². The SMILES string of the molecule is NC(CCC(=O)O)C(=O)NCC1CCSCC1. The van der Waals surface area contributed by atoms with Crippen LogP contribution in [-0.4, -0.2) is 41.1 Å². The summed E-state index contributed by atoms with van der Waals surface area (Å²) in [5.41, 5.74) is 5.60. The number of hydrogen-bond donors (Lipinski definition) is 3. The van der Waals surface area contributed by atoms with Crippen molar-refractivity contribution in [2.45, 2.75) is 31.7 Å². The summed E-state index contributed by atoms with van der Waals surface area (Å²) in [7, 11) is 0. The van der Waals surface area contributed by atoms with Crippen LogP contribution >= 0.6 is 11.8 Å². The van der Waals surface area contributed by atoms with Crippen LogP contribution in [0.2, 0.25) is 0 Å². The molecule has 1 heterocycles. The minimum absolute atomic E-state index is 0.0609. The van der Waals surface area contributed by atoms with Gasteiger partial charge >= 0.3 is 5.97 Å². The average Bonchev–Trinajstić information content (AvgIpc) is 2.34. The second kappa shape index (κ2) is 7.55. The molecule has 1 aliphatic rings. The molecule has 5 nitrogen and oxygen atoms in total. The van der Waals surface area contributed by atoms with Gasteiger partial charge in [-0.25, -0.2) is 0 Å². The predicted octanol–water partition coefficient (Wildman–Crippen LogP) is 0.438. The number of carboxylic acid groups (broad SMARTS) is 1. The summed E-state index contributed by atoms with van der Waals surface area (Å²) in [5.74, 6) is 1.71. The number of nitrogens with two attached hydrogens (primary N) is 1. The highest BCUT2D eigenvalue weighted by molar-refractivity contribution is 7.99. The third-order valence-corrected chi connectivity index (χ3v) is 3.96. The Kier molecular flexibility index (Phi) is 6.36. The van der Waals surface area contributed by atoms with Gasteiger partial charge < -0.3 is 16.2 Å². The fourth-order valence-corrected chi connectivity index (χ4v) is 2.94. The van der Waals surface area contributed by atoms with Crippen LogP contribution in [0.1, 0.15) is 25.7 Å². The second-order valence-corrected chi connectivity index (χ2v) is 5.56. The molecule has 1 fully saturated rings. The Balaban J connectivity index is 2.16. The van der Waals surface area contributed by atoms with Crippen molar-refractivity contribution >= 4 is 23.6 Å². The molecule has 0 aromatic heterocycles.